The first-order valence-corrected chi connectivity index (χ1v) is 6.61. The van der Waals surface area contributed by atoms with Crippen LogP contribution in [0, 0.1) is 0 Å². The van der Waals surface area contributed by atoms with Crippen molar-refractivity contribution in [2.75, 3.05) is 11.1 Å². The third-order valence-electron chi connectivity index (χ3n) is 3.26. The second-order valence-electron chi connectivity index (χ2n) is 4.95. The molecule has 6 N–H and O–H groups in total. The molecule has 0 aliphatic heterocycles. The Morgan fingerprint density at radius 1 is 1.10 bits per heavy atom. The molecule has 1 unspecified atom stereocenters. The zero-order chi connectivity index (χ0) is 14.8. The molecule has 6 nitrogen and oxygen atoms in total. The van der Waals surface area contributed by atoms with Gasteiger partial charge in [0, 0.05) is 17.8 Å². The number of H-pyrrole nitrogens is 2. The number of anilines is 2. The van der Waals surface area contributed by atoms with Gasteiger partial charge in [-0.25, -0.2) is 4.79 Å². The highest BCUT2D eigenvalue weighted by Gasteiger charge is 2.07. The summed E-state index contributed by atoms with van der Waals surface area (Å²) < 4.78 is 0. The predicted octanol–water partition coefficient (Wildman–Crippen LogP) is 1.41. The molecule has 1 aromatic heterocycles. The van der Waals surface area contributed by atoms with Crippen molar-refractivity contribution in [1.29, 1.82) is 0 Å². The van der Waals surface area contributed by atoms with Crippen molar-refractivity contribution in [2.24, 2.45) is 0 Å². The minimum absolute atomic E-state index is 0.246. The van der Waals surface area contributed by atoms with Crippen molar-refractivity contribution in [1.82, 2.24) is 9.97 Å². The van der Waals surface area contributed by atoms with Gasteiger partial charge < -0.3 is 26.1 Å². The monoisotopic (exact) mass is 284 g/mol. The van der Waals surface area contributed by atoms with Gasteiger partial charge in [0.05, 0.1) is 11.0 Å². The standard InChI is InChI=1S/C15H16N4O2/c16-10-3-1-9(2-4-10)7-14(20)17-11-5-6-12-13(8-11)19-15(21)18-12/h1-6,8,14,17,20H,7,16H2,(H2,18,19,21). The lowest BCUT2D eigenvalue weighted by molar-refractivity contribution is 0.204. The number of nitrogens with one attached hydrogen (secondary N) is 3. The largest absolute Gasteiger partial charge is 0.399 e. The number of benzene rings is 2. The third-order valence-corrected chi connectivity index (χ3v) is 3.26. The number of aromatic amines is 2. The van der Waals surface area contributed by atoms with Gasteiger partial charge in [-0.3, -0.25) is 0 Å². The van der Waals surface area contributed by atoms with Crippen LogP contribution in [0.15, 0.2) is 47.3 Å². The van der Waals surface area contributed by atoms with Gasteiger partial charge in [0.15, 0.2) is 0 Å². The molecule has 0 amide bonds. The van der Waals surface area contributed by atoms with E-state index in [0.29, 0.717) is 17.6 Å². The second kappa shape index (κ2) is 5.34. The fraction of sp³-hybridized carbons (Fsp3) is 0.133. The number of nitrogen functional groups attached to an aromatic ring is 1. The Balaban J connectivity index is 1.71. The molecule has 6 heteroatoms. The molecule has 0 bridgehead atoms. The predicted molar refractivity (Wildman–Crippen MR) is 83.1 cm³/mol. The van der Waals surface area contributed by atoms with Crippen LogP contribution in [0.5, 0.6) is 0 Å². The van der Waals surface area contributed by atoms with E-state index in [9.17, 15) is 9.90 Å². The zero-order valence-corrected chi connectivity index (χ0v) is 11.3. The molecule has 3 rings (SSSR count). The minimum Gasteiger partial charge on any atom is -0.399 e. The van der Waals surface area contributed by atoms with Crippen molar-refractivity contribution in [3.63, 3.8) is 0 Å². The van der Waals surface area contributed by atoms with Crippen LogP contribution in [-0.2, 0) is 6.42 Å². The van der Waals surface area contributed by atoms with Crippen molar-refractivity contribution in [3.05, 3.63) is 58.5 Å². The Kier molecular flexibility index (Phi) is 3.37. The Labute approximate surface area is 120 Å². The van der Waals surface area contributed by atoms with Crippen LogP contribution in [0.2, 0.25) is 0 Å². The van der Waals surface area contributed by atoms with Crippen LogP contribution in [0.3, 0.4) is 0 Å². The summed E-state index contributed by atoms with van der Waals surface area (Å²) in [4.78, 5) is 16.6. The average Bonchev–Trinajstić information content (AvgIpc) is 2.80. The Morgan fingerprint density at radius 3 is 2.57 bits per heavy atom. The normalized spacial score (nSPS) is 12.4. The molecule has 21 heavy (non-hydrogen) atoms. The third kappa shape index (κ3) is 3.06. The fourth-order valence-electron chi connectivity index (χ4n) is 2.24. The number of aliphatic hydroxyl groups is 1. The molecule has 108 valence electrons. The van der Waals surface area contributed by atoms with Gasteiger partial charge in [-0.15, -0.1) is 0 Å². The first-order chi connectivity index (χ1) is 10.1. The number of nitrogens with two attached hydrogens (primary N) is 1. The quantitative estimate of drug-likeness (QED) is 0.369. The summed E-state index contributed by atoms with van der Waals surface area (Å²) in [5.41, 5.74) is 9.23. The molecule has 1 atom stereocenters. The number of hydrogen-bond acceptors (Lipinski definition) is 4. The van der Waals surface area contributed by atoms with E-state index in [1.165, 1.54) is 0 Å². The van der Waals surface area contributed by atoms with Gasteiger partial charge in [0.25, 0.3) is 0 Å². The maximum Gasteiger partial charge on any atom is 0.323 e. The molecule has 1 heterocycles. The van der Waals surface area contributed by atoms with Crippen LogP contribution in [0.25, 0.3) is 11.0 Å². The van der Waals surface area contributed by atoms with Crippen LogP contribution in [-0.4, -0.2) is 21.3 Å². The van der Waals surface area contributed by atoms with Gasteiger partial charge >= 0.3 is 5.69 Å². The SMILES string of the molecule is Nc1ccc(CC(O)Nc2ccc3[nH]c(=O)[nH]c3c2)cc1. The lowest BCUT2D eigenvalue weighted by Crippen LogP contribution is -2.21. The van der Waals surface area contributed by atoms with Crippen LogP contribution < -0.4 is 16.7 Å². The van der Waals surface area contributed by atoms with Gasteiger partial charge in [-0.05, 0) is 35.9 Å². The molecule has 0 aliphatic rings. The van der Waals surface area contributed by atoms with Crippen molar-refractivity contribution in [3.8, 4) is 0 Å². The topological polar surface area (TPSA) is 107 Å². The molecular formula is C15H16N4O2. The number of fused-ring (bicyclic) bond motifs is 1. The number of aromatic nitrogens is 2. The second-order valence-corrected chi connectivity index (χ2v) is 4.95. The van der Waals surface area contributed by atoms with E-state index in [2.05, 4.69) is 15.3 Å². The number of hydrogen-bond donors (Lipinski definition) is 5. The first kappa shape index (κ1) is 13.3. The molecule has 0 saturated carbocycles. The van der Waals surface area contributed by atoms with Gasteiger partial charge in [-0.2, -0.15) is 0 Å². The van der Waals surface area contributed by atoms with Gasteiger partial charge in [0.1, 0.15) is 6.23 Å². The highest BCUT2D eigenvalue weighted by atomic mass is 16.3. The highest BCUT2D eigenvalue weighted by Crippen LogP contribution is 2.16. The number of imidazole rings is 1. The van der Waals surface area contributed by atoms with E-state index in [0.717, 1.165) is 16.8 Å². The van der Waals surface area contributed by atoms with E-state index >= 15 is 0 Å². The van der Waals surface area contributed by atoms with E-state index in [1.54, 1.807) is 30.3 Å². The van der Waals surface area contributed by atoms with E-state index < -0.39 is 6.23 Å². The summed E-state index contributed by atoms with van der Waals surface area (Å²) in [5.74, 6) is 0. The summed E-state index contributed by atoms with van der Waals surface area (Å²) in [5, 5.41) is 13.1. The number of aliphatic hydroxyl groups excluding tert-OH is 1. The van der Waals surface area contributed by atoms with Crippen LogP contribution in [0.1, 0.15) is 5.56 Å². The molecule has 3 aromatic rings. The molecule has 0 radical (unpaired) electrons. The Morgan fingerprint density at radius 2 is 1.81 bits per heavy atom. The molecule has 0 spiro atoms. The smallest absolute Gasteiger partial charge is 0.323 e. The first-order valence-electron chi connectivity index (χ1n) is 6.61. The molecular weight excluding hydrogens is 268 g/mol. The van der Waals surface area contributed by atoms with Crippen molar-refractivity contribution in [2.45, 2.75) is 12.6 Å². The van der Waals surface area contributed by atoms with Gasteiger partial charge in [0.2, 0.25) is 0 Å². The van der Waals surface area contributed by atoms with Crippen molar-refractivity contribution >= 4 is 22.4 Å². The Hall–Kier alpha value is -2.73. The van der Waals surface area contributed by atoms with Crippen LogP contribution >= 0.6 is 0 Å². The Bertz CT molecular complexity index is 804. The summed E-state index contributed by atoms with van der Waals surface area (Å²) in [7, 11) is 0. The van der Waals surface area contributed by atoms with Crippen molar-refractivity contribution < 1.29 is 5.11 Å². The van der Waals surface area contributed by atoms with E-state index in [1.807, 2.05) is 12.1 Å². The minimum atomic E-state index is -0.725. The zero-order valence-electron chi connectivity index (χ0n) is 11.3. The molecule has 0 aliphatic carbocycles. The summed E-state index contributed by atoms with van der Waals surface area (Å²) in [6.07, 6.45) is -0.265. The molecule has 0 saturated heterocycles. The molecule has 0 fully saturated rings. The summed E-state index contributed by atoms with van der Waals surface area (Å²) >= 11 is 0. The fourth-order valence-corrected chi connectivity index (χ4v) is 2.24. The summed E-state index contributed by atoms with van der Waals surface area (Å²) in [6.45, 7) is 0. The van der Waals surface area contributed by atoms with E-state index in [-0.39, 0.29) is 5.69 Å². The average molecular weight is 284 g/mol. The lowest BCUT2D eigenvalue weighted by atomic mass is 10.1. The maximum atomic E-state index is 11.2. The summed E-state index contributed by atoms with van der Waals surface area (Å²) in [6, 6.07) is 12.7. The maximum absolute atomic E-state index is 11.2. The number of rotatable bonds is 4. The van der Waals surface area contributed by atoms with E-state index in [4.69, 9.17) is 5.73 Å². The lowest BCUT2D eigenvalue weighted by Gasteiger charge is -2.14. The van der Waals surface area contributed by atoms with Gasteiger partial charge in [-0.1, -0.05) is 12.1 Å². The highest BCUT2D eigenvalue weighted by molar-refractivity contribution is 5.78. The van der Waals surface area contributed by atoms with Crippen LogP contribution in [0.4, 0.5) is 11.4 Å². The molecule has 2 aromatic carbocycles.